The van der Waals surface area contributed by atoms with Gasteiger partial charge in [-0.25, -0.2) is 0 Å². The lowest BCUT2D eigenvalue weighted by Gasteiger charge is -2.22. The van der Waals surface area contributed by atoms with Gasteiger partial charge in [0.15, 0.2) is 0 Å². The molecule has 0 heterocycles. The Morgan fingerprint density at radius 2 is 2.25 bits per heavy atom. The highest BCUT2D eigenvalue weighted by atomic mass is 35.5. The molecule has 1 aromatic carbocycles. The Balaban J connectivity index is 3.02. The maximum Gasteiger partial charge on any atom is 0.0992 e. The summed E-state index contributed by atoms with van der Waals surface area (Å²) in [5.74, 6) is 2.61. The fraction of sp³-hybridized carbons (Fsp3) is 0.308. The highest BCUT2D eigenvalue weighted by Crippen LogP contribution is 2.26. The molecule has 0 aromatic heterocycles. The van der Waals surface area contributed by atoms with Crippen molar-refractivity contribution in [2.24, 2.45) is 0 Å². The van der Waals surface area contributed by atoms with Gasteiger partial charge in [-0.1, -0.05) is 24.4 Å². The van der Waals surface area contributed by atoms with Crippen LogP contribution >= 0.6 is 11.6 Å². The third-order valence-corrected chi connectivity index (χ3v) is 2.50. The first kappa shape index (κ1) is 12.4. The van der Waals surface area contributed by atoms with Crippen LogP contribution in [-0.2, 0) is 0 Å². The zero-order valence-electron chi connectivity index (χ0n) is 9.20. The molecule has 2 nitrogen and oxygen atoms in total. The zero-order chi connectivity index (χ0) is 12.0. The third kappa shape index (κ3) is 2.92. The molecule has 16 heavy (non-hydrogen) atoms. The molecule has 0 saturated heterocycles. The van der Waals surface area contributed by atoms with Crippen LogP contribution in [0.1, 0.15) is 18.9 Å². The first-order chi connectivity index (χ1) is 7.72. The minimum Gasteiger partial charge on any atom is -0.359 e. The van der Waals surface area contributed by atoms with Crippen LogP contribution in [-0.4, -0.2) is 13.1 Å². The molecule has 0 aliphatic rings. The van der Waals surface area contributed by atoms with E-state index in [9.17, 15) is 0 Å². The van der Waals surface area contributed by atoms with Gasteiger partial charge in [0.1, 0.15) is 0 Å². The Morgan fingerprint density at radius 1 is 1.50 bits per heavy atom. The summed E-state index contributed by atoms with van der Waals surface area (Å²) in [6.07, 6.45) is 6.31. The molecule has 0 N–H and O–H groups in total. The smallest absolute Gasteiger partial charge is 0.0992 e. The van der Waals surface area contributed by atoms with Crippen LogP contribution in [0, 0.1) is 23.7 Å². The summed E-state index contributed by atoms with van der Waals surface area (Å²) in [5, 5.41) is 9.32. The molecule has 0 radical (unpaired) electrons. The molecule has 0 amide bonds. The molecule has 0 aliphatic heterocycles. The predicted molar refractivity (Wildman–Crippen MR) is 67.5 cm³/mol. The van der Waals surface area contributed by atoms with Crippen molar-refractivity contribution in [3.8, 4) is 18.4 Å². The largest absolute Gasteiger partial charge is 0.359 e. The Bertz CT molecular complexity index is 440. The van der Waals surface area contributed by atoms with Gasteiger partial charge in [0.25, 0.3) is 0 Å². The summed E-state index contributed by atoms with van der Waals surface area (Å²) in [5.41, 5.74) is 1.45. The minimum absolute atomic E-state index is 0.527. The van der Waals surface area contributed by atoms with E-state index in [4.69, 9.17) is 23.3 Å². The Labute approximate surface area is 101 Å². The summed E-state index contributed by atoms with van der Waals surface area (Å²) in [6.45, 7) is 3.47. The third-order valence-electron chi connectivity index (χ3n) is 2.19. The van der Waals surface area contributed by atoms with Crippen LogP contribution in [0.4, 0.5) is 5.69 Å². The number of halogens is 1. The lowest BCUT2D eigenvalue weighted by atomic mass is 10.2. The van der Waals surface area contributed by atoms with E-state index in [1.807, 2.05) is 11.0 Å². The molecular formula is C13H13ClN2. The summed E-state index contributed by atoms with van der Waals surface area (Å²) >= 11 is 6.11. The van der Waals surface area contributed by atoms with Gasteiger partial charge >= 0.3 is 0 Å². The Morgan fingerprint density at radius 3 is 2.75 bits per heavy atom. The van der Waals surface area contributed by atoms with E-state index in [0.29, 0.717) is 17.1 Å². The number of hydrogen-bond acceptors (Lipinski definition) is 2. The molecule has 0 unspecified atom stereocenters. The fourth-order valence-corrected chi connectivity index (χ4v) is 1.80. The molecular weight excluding hydrogens is 220 g/mol. The number of hydrogen-bond donors (Lipinski definition) is 0. The molecule has 0 fully saturated rings. The van der Waals surface area contributed by atoms with Gasteiger partial charge in [0.05, 0.1) is 28.9 Å². The maximum atomic E-state index is 8.74. The van der Waals surface area contributed by atoms with Crippen LogP contribution in [0.2, 0.25) is 5.02 Å². The van der Waals surface area contributed by atoms with Crippen molar-refractivity contribution in [1.29, 1.82) is 5.26 Å². The Hall–Kier alpha value is -1.64. The van der Waals surface area contributed by atoms with Gasteiger partial charge < -0.3 is 4.90 Å². The fourth-order valence-electron chi connectivity index (χ4n) is 1.50. The van der Waals surface area contributed by atoms with Gasteiger partial charge in [-0.15, -0.1) is 6.42 Å². The average Bonchev–Trinajstić information content (AvgIpc) is 2.29. The lowest BCUT2D eigenvalue weighted by molar-refractivity contribution is 0.823. The number of nitriles is 1. The number of anilines is 1. The Kier molecular flexibility index (Phi) is 4.70. The second kappa shape index (κ2) is 6.05. The van der Waals surface area contributed by atoms with E-state index in [1.165, 1.54) is 0 Å². The van der Waals surface area contributed by atoms with E-state index in [-0.39, 0.29) is 0 Å². The van der Waals surface area contributed by atoms with E-state index < -0.39 is 0 Å². The van der Waals surface area contributed by atoms with Gasteiger partial charge in [-0.2, -0.15) is 5.26 Å². The van der Waals surface area contributed by atoms with Crippen molar-refractivity contribution in [2.45, 2.75) is 13.3 Å². The monoisotopic (exact) mass is 232 g/mol. The van der Waals surface area contributed by atoms with Crippen LogP contribution in [0.15, 0.2) is 18.2 Å². The predicted octanol–water partition coefficient (Wildman–Crippen LogP) is 3.06. The molecule has 0 aliphatic carbocycles. The number of benzene rings is 1. The van der Waals surface area contributed by atoms with Gasteiger partial charge in [-0.3, -0.25) is 0 Å². The molecule has 1 rings (SSSR count). The minimum atomic E-state index is 0.527. The van der Waals surface area contributed by atoms with Crippen molar-refractivity contribution >= 4 is 17.3 Å². The van der Waals surface area contributed by atoms with E-state index in [2.05, 4.69) is 18.9 Å². The summed E-state index contributed by atoms with van der Waals surface area (Å²) in [4.78, 5) is 2.03. The molecule has 0 atom stereocenters. The second-order valence-corrected chi connectivity index (χ2v) is 3.81. The first-order valence-electron chi connectivity index (χ1n) is 5.11. The molecule has 3 heteroatoms. The number of rotatable bonds is 4. The van der Waals surface area contributed by atoms with Crippen molar-refractivity contribution in [1.82, 2.24) is 0 Å². The van der Waals surface area contributed by atoms with Crippen LogP contribution in [0.25, 0.3) is 0 Å². The topological polar surface area (TPSA) is 27.0 Å². The van der Waals surface area contributed by atoms with Crippen molar-refractivity contribution < 1.29 is 0 Å². The molecule has 0 bridgehead atoms. The van der Waals surface area contributed by atoms with Crippen LogP contribution < -0.4 is 4.90 Å². The van der Waals surface area contributed by atoms with Crippen molar-refractivity contribution in [3.63, 3.8) is 0 Å². The van der Waals surface area contributed by atoms with E-state index in [1.54, 1.807) is 12.1 Å². The van der Waals surface area contributed by atoms with Gasteiger partial charge in [0.2, 0.25) is 0 Å². The summed E-state index contributed by atoms with van der Waals surface area (Å²) in [6, 6.07) is 7.31. The molecule has 82 valence electrons. The second-order valence-electron chi connectivity index (χ2n) is 3.40. The van der Waals surface area contributed by atoms with Crippen molar-refractivity contribution in [2.75, 3.05) is 18.0 Å². The number of nitrogens with zero attached hydrogens (tertiary/aromatic N) is 2. The standard InChI is InChI=1S/C13H13ClN2/c1-3-7-16(8-4-2)13-6-5-11(10-15)9-12(13)14/h1,5-6,9H,4,7-8H2,2H3. The maximum absolute atomic E-state index is 8.74. The normalized spacial score (nSPS) is 9.25. The molecule has 1 aromatic rings. The average molecular weight is 233 g/mol. The lowest BCUT2D eigenvalue weighted by Crippen LogP contribution is -2.24. The first-order valence-corrected chi connectivity index (χ1v) is 5.48. The summed E-state index contributed by atoms with van der Waals surface area (Å²) < 4.78 is 0. The highest BCUT2D eigenvalue weighted by Gasteiger charge is 2.08. The molecule has 0 spiro atoms. The highest BCUT2D eigenvalue weighted by molar-refractivity contribution is 6.33. The van der Waals surface area contributed by atoms with Gasteiger partial charge in [-0.05, 0) is 24.6 Å². The van der Waals surface area contributed by atoms with Crippen molar-refractivity contribution in [3.05, 3.63) is 28.8 Å². The van der Waals surface area contributed by atoms with E-state index >= 15 is 0 Å². The molecule has 0 saturated carbocycles. The SMILES string of the molecule is C#CCN(CCC)c1ccc(C#N)cc1Cl. The van der Waals surface area contributed by atoms with Crippen LogP contribution in [0.3, 0.4) is 0 Å². The quantitative estimate of drug-likeness (QED) is 0.746. The summed E-state index contributed by atoms with van der Waals surface area (Å²) in [7, 11) is 0. The van der Waals surface area contributed by atoms with E-state index in [0.717, 1.165) is 18.7 Å². The zero-order valence-corrected chi connectivity index (χ0v) is 9.96. The van der Waals surface area contributed by atoms with Gasteiger partial charge in [0, 0.05) is 6.54 Å². The van der Waals surface area contributed by atoms with Crippen LogP contribution in [0.5, 0.6) is 0 Å². The number of terminal acetylenes is 1.